The first-order chi connectivity index (χ1) is 7.24. The number of ether oxygens (including phenoxy) is 1. The van der Waals surface area contributed by atoms with E-state index in [4.69, 9.17) is 10.5 Å². The number of esters is 1. The fourth-order valence-corrected chi connectivity index (χ4v) is 1.62. The lowest BCUT2D eigenvalue weighted by Crippen LogP contribution is -2.20. The zero-order chi connectivity index (χ0) is 11.1. The average Bonchev–Trinajstić information content (AvgIpc) is 2.27. The molecular weight excluding hydrogens is 305 g/mol. The van der Waals surface area contributed by atoms with Gasteiger partial charge in [-0.3, -0.25) is 4.79 Å². The zero-order valence-electron chi connectivity index (χ0n) is 8.36. The number of benzene rings is 1. The minimum Gasteiger partial charge on any atom is -0.460 e. The summed E-state index contributed by atoms with van der Waals surface area (Å²) in [4.78, 5) is 11.4. The highest BCUT2D eigenvalue weighted by Crippen LogP contribution is 2.09. The van der Waals surface area contributed by atoms with Gasteiger partial charge in [0.1, 0.15) is 10.5 Å². The van der Waals surface area contributed by atoms with Gasteiger partial charge in [-0.15, -0.1) is 0 Å². The number of hydrogen-bond acceptors (Lipinski definition) is 3. The third kappa shape index (κ3) is 4.61. The van der Waals surface area contributed by atoms with Crippen molar-refractivity contribution in [2.45, 2.75) is 17.0 Å². The molecule has 0 aliphatic carbocycles. The molecule has 0 amide bonds. The number of hydrogen-bond donors (Lipinski definition) is 1. The van der Waals surface area contributed by atoms with Crippen LogP contribution in [0.2, 0.25) is 0 Å². The minimum atomic E-state index is -0.190. The fraction of sp³-hybridized carbons (Fsp3) is 0.364. The lowest BCUT2D eigenvalue weighted by Gasteiger charge is -2.08. The zero-order valence-corrected chi connectivity index (χ0v) is 10.5. The van der Waals surface area contributed by atoms with Gasteiger partial charge in [0.05, 0.1) is 0 Å². The van der Waals surface area contributed by atoms with E-state index >= 15 is 0 Å². The second-order valence-electron chi connectivity index (χ2n) is 3.14. The van der Waals surface area contributed by atoms with E-state index < -0.39 is 0 Å². The molecule has 0 saturated heterocycles. The predicted molar refractivity (Wildman–Crippen MR) is 67.7 cm³/mol. The summed E-state index contributed by atoms with van der Waals surface area (Å²) >= 11 is 2.06. The van der Waals surface area contributed by atoms with Gasteiger partial charge in [-0.25, -0.2) is 0 Å². The Morgan fingerprint density at radius 3 is 2.67 bits per heavy atom. The summed E-state index contributed by atoms with van der Waals surface area (Å²) < 4.78 is 5.00. The van der Waals surface area contributed by atoms with Crippen LogP contribution >= 0.6 is 22.6 Å². The van der Waals surface area contributed by atoms with Crippen LogP contribution in [0.1, 0.15) is 12.0 Å². The molecule has 82 valence electrons. The maximum absolute atomic E-state index is 11.4. The van der Waals surface area contributed by atoms with Gasteiger partial charge in [0, 0.05) is 0 Å². The molecule has 4 heteroatoms. The molecule has 0 radical (unpaired) electrons. The van der Waals surface area contributed by atoms with E-state index in [1.54, 1.807) is 0 Å². The van der Waals surface area contributed by atoms with Crippen molar-refractivity contribution < 1.29 is 9.53 Å². The molecule has 0 bridgehead atoms. The molecule has 1 atom stereocenters. The van der Waals surface area contributed by atoms with Crippen LogP contribution in [-0.2, 0) is 16.1 Å². The van der Waals surface area contributed by atoms with E-state index in [1.807, 2.05) is 30.3 Å². The smallest absolute Gasteiger partial charge is 0.319 e. The molecule has 0 heterocycles. The number of carbonyl (C=O) groups is 1. The highest BCUT2D eigenvalue weighted by Gasteiger charge is 2.14. The van der Waals surface area contributed by atoms with Crippen molar-refractivity contribution in [1.29, 1.82) is 0 Å². The van der Waals surface area contributed by atoms with Gasteiger partial charge in [0.2, 0.25) is 0 Å². The largest absolute Gasteiger partial charge is 0.460 e. The molecule has 2 N–H and O–H groups in total. The Morgan fingerprint density at radius 1 is 1.40 bits per heavy atom. The monoisotopic (exact) mass is 319 g/mol. The Hall–Kier alpha value is -0.620. The predicted octanol–water partition coefficient (Wildman–Crippen LogP) is 1.88. The van der Waals surface area contributed by atoms with Crippen molar-refractivity contribution in [3.63, 3.8) is 0 Å². The van der Waals surface area contributed by atoms with Crippen LogP contribution in [0.15, 0.2) is 30.3 Å². The molecule has 0 fully saturated rings. The molecule has 3 nitrogen and oxygen atoms in total. The number of halogens is 1. The maximum atomic E-state index is 11.4. The average molecular weight is 319 g/mol. The van der Waals surface area contributed by atoms with E-state index in [0.29, 0.717) is 19.6 Å². The van der Waals surface area contributed by atoms with Gasteiger partial charge < -0.3 is 10.5 Å². The Balaban J connectivity index is 2.34. The highest BCUT2D eigenvalue weighted by atomic mass is 127. The number of nitrogens with two attached hydrogens (primary N) is 1. The molecule has 0 saturated carbocycles. The van der Waals surface area contributed by atoms with E-state index in [0.717, 1.165) is 5.56 Å². The van der Waals surface area contributed by atoms with Crippen LogP contribution in [0, 0.1) is 0 Å². The quantitative estimate of drug-likeness (QED) is 0.512. The summed E-state index contributed by atoms with van der Waals surface area (Å²) in [6.45, 7) is 0.845. The van der Waals surface area contributed by atoms with E-state index in [9.17, 15) is 4.79 Å². The van der Waals surface area contributed by atoms with Crippen LogP contribution in [-0.4, -0.2) is 16.4 Å². The fourth-order valence-electron chi connectivity index (χ4n) is 1.08. The van der Waals surface area contributed by atoms with E-state index in [1.165, 1.54) is 0 Å². The van der Waals surface area contributed by atoms with E-state index in [2.05, 4.69) is 22.6 Å². The standard InChI is InChI=1S/C11H14INO2/c12-10(6-7-13)11(14)15-8-9-4-2-1-3-5-9/h1-5,10H,6-8,13H2. The van der Waals surface area contributed by atoms with Gasteiger partial charge in [-0.1, -0.05) is 52.9 Å². The molecule has 0 aliphatic heterocycles. The van der Waals surface area contributed by atoms with Crippen molar-refractivity contribution in [2.75, 3.05) is 6.54 Å². The number of carbonyl (C=O) groups excluding carboxylic acids is 1. The lowest BCUT2D eigenvalue weighted by atomic mass is 10.2. The number of rotatable bonds is 5. The second kappa shape index (κ2) is 6.79. The summed E-state index contributed by atoms with van der Waals surface area (Å²) in [7, 11) is 0. The SMILES string of the molecule is NCCC(I)C(=O)OCc1ccccc1. The molecule has 0 aromatic heterocycles. The van der Waals surface area contributed by atoms with Gasteiger partial charge in [0.15, 0.2) is 0 Å². The first-order valence-corrected chi connectivity index (χ1v) is 6.03. The summed E-state index contributed by atoms with van der Waals surface area (Å²) in [6, 6.07) is 9.63. The van der Waals surface area contributed by atoms with Gasteiger partial charge in [-0.2, -0.15) is 0 Å². The first kappa shape index (κ1) is 12.4. The number of alkyl halides is 1. The van der Waals surface area contributed by atoms with Gasteiger partial charge in [0.25, 0.3) is 0 Å². The summed E-state index contributed by atoms with van der Waals surface area (Å²) in [6.07, 6.45) is 0.661. The molecule has 1 aromatic carbocycles. The molecule has 1 rings (SSSR count). The van der Waals surface area contributed by atoms with Crippen molar-refractivity contribution in [1.82, 2.24) is 0 Å². The van der Waals surface area contributed by atoms with Crippen molar-refractivity contribution in [3.05, 3.63) is 35.9 Å². The minimum absolute atomic E-state index is 0.142. The van der Waals surface area contributed by atoms with Crippen LogP contribution in [0.5, 0.6) is 0 Å². The van der Waals surface area contributed by atoms with Crippen LogP contribution in [0.4, 0.5) is 0 Å². The lowest BCUT2D eigenvalue weighted by molar-refractivity contribution is -0.143. The molecule has 1 unspecified atom stereocenters. The third-order valence-electron chi connectivity index (χ3n) is 1.90. The summed E-state index contributed by atoms with van der Waals surface area (Å²) in [5.41, 5.74) is 6.36. The van der Waals surface area contributed by atoms with E-state index in [-0.39, 0.29) is 9.89 Å². The Labute approximate surface area is 103 Å². The summed E-state index contributed by atoms with van der Waals surface area (Å²) in [5.74, 6) is -0.190. The Kier molecular flexibility index (Phi) is 5.63. The molecule has 1 aromatic rings. The third-order valence-corrected chi connectivity index (χ3v) is 3.03. The second-order valence-corrected chi connectivity index (χ2v) is 4.64. The van der Waals surface area contributed by atoms with Crippen molar-refractivity contribution in [3.8, 4) is 0 Å². The van der Waals surface area contributed by atoms with Crippen molar-refractivity contribution in [2.24, 2.45) is 5.73 Å². The molecule has 0 aliphatic rings. The molecular formula is C11H14INO2. The normalized spacial score (nSPS) is 12.1. The molecule has 15 heavy (non-hydrogen) atoms. The Morgan fingerprint density at radius 2 is 2.07 bits per heavy atom. The van der Waals surface area contributed by atoms with Crippen LogP contribution in [0.25, 0.3) is 0 Å². The van der Waals surface area contributed by atoms with Gasteiger partial charge >= 0.3 is 5.97 Å². The van der Waals surface area contributed by atoms with Crippen LogP contribution in [0.3, 0.4) is 0 Å². The van der Waals surface area contributed by atoms with Crippen molar-refractivity contribution >= 4 is 28.6 Å². The Bertz CT molecular complexity index is 303. The summed E-state index contributed by atoms with van der Waals surface area (Å²) in [5, 5.41) is 0. The maximum Gasteiger partial charge on any atom is 0.319 e. The van der Waals surface area contributed by atoms with Gasteiger partial charge in [-0.05, 0) is 18.5 Å². The van der Waals surface area contributed by atoms with Crippen LogP contribution < -0.4 is 5.73 Å². The molecule has 0 spiro atoms. The topological polar surface area (TPSA) is 52.3 Å². The first-order valence-electron chi connectivity index (χ1n) is 4.78. The highest BCUT2D eigenvalue weighted by molar-refractivity contribution is 14.1.